The first-order valence-electron chi connectivity index (χ1n) is 8.61. The molecule has 1 aliphatic heterocycles. The number of hydrogen-bond donors (Lipinski definition) is 3. The molecule has 2 aromatic rings. The number of fused-ring (bicyclic) bond motifs is 1. The number of carbonyl (C=O) groups is 1. The van der Waals surface area contributed by atoms with E-state index in [1.165, 1.54) is 18.0 Å². The first-order chi connectivity index (χ1) is 12.9. The lowest BCUT2D eigenvalue weighted by Gasteiger charge is -2.15. The normalized spacial score (nSPS) is 14.1. The summed E-state index contributed by atoms with van der Waals surface area (Å²) in [5, 5.41) is 11.8. The third-order valence-corrected chi connectivity index (χ3v) is 5.55. The topological polar surface area (TPSA) is 66.3 Å². The molecule has 1 amide bonds. The van der Waals surface area contributed by atoms with Crippen molar-refractivity contribution in [3.8, 4) is 0 Å². The molecule has 1 aromatic heterocycles. The van der Waals surface area contributed by atoms with Crippen LogP contribution in [-0.4, -0.2) is 28.2 Å². The van der Waals surface area contributed by atoms with Crippen molar-refractivity contribution in [2.24, 2.45) is 0 Å². The Bertz CT molecular complexity index is 896. The number of nitrogens with zero attached hydrogens (tertiary/aromatic N) is 1. The number of aromatic nitrogens is 1. The van der Waals surface area contributed by atoms with Crippen LogP contribution in [0.3, 0.4) is 0 Å². The molecule has 8 heteroatoms. The number of aliphatic hydroxyl groups excluding tert-OH is 1. The predicted molar refractivity (Wildman–Crippen MR) is 103 cm³/mol. The van der Waals surface area contributed by atoms with Gasteiger partial charge < -0.3 is 15.0 Å². The molecule has 1 atom stereocenters. The van der Waals surface area contributed by atoms with Gasteiger partial charge in [0.05, 0.1) is 17.2 Å². The van der Waals surface area contributed by atoms with Crippen molar-refractivity contribution in [3.05, 3.63) is 52.9 Å². The molecule has 5 nitrogen and oxygen atoms in total. The lowest BCUT2D eigenvalue weighted by molar-refractivity contribution is 0.101. The molecule has 0 saturated carbocycles. The highest BCUT2D eigenvalue weighted by Gasteiger charge is 2.25. The van der Waals surface area contributed by atoms with Crippen LogP contribution >= 0.6 is 11.9 Å². The lowest BCUT2D eigenvalue weighted by Crippen LogP contribution is -2.22. The van der Waals surface area contributed by atoms with Crippen LogP contribution < -0.4 is 10.0 Å². The minimum absolute atomic E-state index is 0.00139. The van der Waals surface area contributed by atoms with Crippen molar-refractivity contribution in [1.29, 1.82) is 0 Å². The van der Waals surface area contributed by atoms with Crippen LogP contribution in [-0.2, 0) is 6.54 Å². The van der Waals surface area contributed by atoms with E-state index in [9.17, 15) is 18.7 Å². The molecule has 1 unspecified atom stereocenters. The number of amides is 1. The summed E-state index contributed by atoms with van der Waals surface area (Å²) in [6, 6.07) is 3.17. The van der Waals surface area contributed by atoms with E-state index in [4.69, 9.17) is 0 Å². The van der Waals surface area contributed by atoms with E-state index in [0.717, 1.165) is 34.7 Å². The van der Waals surface area contributed by atoms with Crippen LogP contribution in [0.15, 0.2) is 29.2 Å². The van der Waals surface area contributed by atoms with Gasteiger partial charge in [-0.3, -0.25) is 9.52 Å². The van der Waals surface area contributed by atoms with E-state index in [1.54, 1.807) is 0 Å². The summed E-state index contributed by atoms with van der Waals surface area (Å²) in [6.45, 7) is 4.37. The average Bonchev–Trinajstić information content (AvgIpc) is 2.94. The smallest absolute Gasteiger partial charge is 0.272 e. The van der Waals surface area contributed by atoms with Gasteiger partial charge in [0, 0.05) is 24.3 Å². The SMILES string of the molecule is Cc1c(SNC(C)CO)c2n(c1C(=O)Nc1ccc(F)c(F)c1)CCC=C2. The largest absolute Gasteiger partial charge is 0.395 e. The molecule has 0 fully saturated rings. The Morgan fingerprint density at radius 1 is 1.37 bits per heavy atom. The molecule has 3 rings (SSSR count). The number of hydrogen-bond acceptors (Lipinski definition) is 4. The van der Waals surface area contributed by atoms with Gasteiger partial charge in [-0.15, -0.1) is 0 Å². The second kappa shape index (κ2) is 8.24. The Morgan fingerprint density at radius 3 is 2.85 bits per heavy atom. The molecule has 1 aromatic carbocycles. The number of allylic oxidation sites excluding steroid dienone is 1. The van der Waals surface area contributed by atoms with Crippen molar-refractivity contribution in [2.75, 3.05) is 11.9 Å². The second-order valence-corrected chi connectivity index (χ2v) is 7.27. The highest BCUT2D eigenvalue weighted by atomic mass is 32.2. The van der Waals surface area contributed by atoms with Gasteiger partial charge in [0.15, 0.2) is 11.6 Å². The lowest BCUT2D eigenvalue weighted by atomic mass is 10.2. The fraction of sp³-hybridized carbons (Fsp3) is 0.316. The quantitative estimate of drug-likeness (QED) is 0.655. The number of nitrogens with one attached hydrogen (secondary N) is 2. The van der Waals surface area contributed by atoms with E-state index in [2.05, 4.69) is 10.0 Å². The zero-order valence-corrected chi connectivity index (χ0v) is 15.9. The minimum Gasteiger partial charge on any atom is -0.395 e. The number of halogens is 2. The van der Waals surface area contributed by atoms with Gasteiger partial charge in [-0.1, -0.05) is 6.08 Å². The standard InChI is InChI=1S/C19H21F2N3O2S/c1-11(10-25)23-27-18-12(2)17(24-8-4-3-5-16(18)24)19(26)22-13-6-7-14(20)15(21)9-13/h3,5-7,9,11,23,25H,4,8,10H2,1-2H3,(H,22,26). The molecule has 3 N–H and O–H groups in total. The number of anilines is 1. The van der Waals surface area contributed by atoms with E-state index in [1.807, 2.05) is 30.6 Å². The Morgan fingerprint density at radius 2 is 2.15 bits per heavy atom. The Kier molecular flexibility index (Phi) is 5.98. The Balaban J connectivity index is 1.92. The van der Waals surface area contributed by atoms with Gasteiger partial charge in [-0.05, 0) is 56.0 Å². The first-order valence-corrected chi connectivity index (χ1v) is 9.43. The zero-order valence-electron chi connectivity index (χ0n) is 15.1. The van der Waals surface area contributed by atoms with E-state index >= 15 is 0 Å². The average molecular weight is 393 g/mol. The molecule has 144 valence electrons. The second-order valence-electron chi connectivity index (χ2n) is 6.42. The molecule has 0 spiro atoms. The van der Waals surface area contributed by atoms with Gasteiger partial charge in [-0.2, -0.15) is 0 Å². The van der Waals surface area contributed by atoms with E-state index in [0.29, 0.717) is 12.2 Å². The van der Waals surface area contributed by atoms with Crippen LogP contribution in [0.5, 0.6) is 0 Å². The van der Waals surface area contributed by atoms with Crippen LogP contribution in [0.1, 0.15) is 35.1 Å². The third-order valence-electron chi connectivity index (χ3n) is 4.31. The summed E-state index contributed by atoms with van der Waals surface area (Å²) in [5.74, 6) is -2.35. The van der Waals surface area contributed by atoms with Crippen molar-refractivity contribution in [3.63, 3.8) is 0 Å². The summed E-state index contributed by atoms with van der Waals surface area (Å²) < 4.78 is 31.6. The summed E-state index contributed by atoms with van der Waals surface area (Å²) in [7, 11) is 0. The predicted octanol–water partition coefficient (Wildman–Crippen LogP) is 3.72. The highest BCUT2D eigenvalue weighted by molar-refractivity contribution is 7.97. The molecular formula is C19H21F2N3O2S. The number of carbonyl (C=O) groups excluding carboxylic acids is 1. The van der Waals surface area contributed by atoms with Crippen molar-refractivity contribution < 1.29 is 18.7 Å². The molecule has 0 aliphatic carbocycles. The maximum atomic E-state index is 13.4. The Labute approximate surface area is 160 Å². The molecule has 2 heterocycles. The molecule has 27 heavy (non-hydrogen) atoms. The van der Waals surface area contributed by atoms with Crippen molar-refractivity contribution in [2.45, 2.75) is 37.8 Å². The number of aliphatic hydroxyl groups is 1. The molecular weight excluding hydrogens is 372 g/mol. The Hall–Kier alpha value is -2.16. The van der Waals surface area contributed by atoms with Gasteiger partial charge in [0.1, 0.15) is 5.69 Å². The number of benzene rings is 1. The van der Waals surface area contributed by atoms with Crippen molar-refractivity contribution >= 4 is 29.6 Å². The fourth-order valence-corrected chi connectivity index (χ4v) is 3.85. The molecule has 1 aliphatic rings. The highest BCUT2D eigenvalue weighted by Crippen LogP contribution is 2.34. The first kappa shape index (κ1) is 19.6. The maximum Gasteiger partial charge on any atom is 0.272 e. The van der Waals surface area contributed by atoms with Gasteiger partial charge in [0.2, 0.25) is 0 Å². The van der Waals surface area contributed by atoms with Crippen LogP contribution in [0.2, 0.25) is 0 Å². The van der Waals surface area contributed by atoms with E-state index < -0.39 is 11.6 Å². The van der Waals surface area contributed by atoms with Crippen LogP contribution in [0, 0.1) is 18.6 Å². The van der Waals surface area contributed by atoms with Gasteiger partial charge in [-0.25, -0.2) is 8.78 Å². The van der Waals surface area contributed by atoms with Crippen LogP contribution in [0.25, 0.3) is 6.08 Å². The fourth-order valence-electron chi connectivity index (χ4n) is 2.92. The van der Waals surface area contributed by atoms with Crippen molar-refractivity contribution in [1.82, 2.24) is 9.29 Å². The number of rotatable bonds is 6. The molecule has 0 bridgehead atoms. The van der Waals surface area contributed by atoms with Gasteiger partial charge in [0.25, 0.3) is 5.91 Å². The minimum atomic E-state index is -1.01. The monoisotopic (exact) mass is 393 g/mol. The molecule has 0 saturated heterocycles. The third kappa shape index (κ3) is 4.07. The zero-order chi connectivity index (χ0) is 19.6. The summed E-state index contributed by atoms with van der Waals surface area (Å²) in [6.07, 6.45) is 4.82. The van der Waals surface area contributed by atoms with E-state index in [-0.39, 0.29) is 24.2 Å². The summed E-state index contributed by atoms with van der Waals surface area (Å²) in [5.41, 5.74) is 2.39. The van der Waals surface area contributed by atoms with Gasteiger partial charge >= 0.3 is 0 Å². The molecule has 0 radical (unpaired) electrons. The summed E-state index contributed by atoms with van der Waals surface area (Å²) >= 11 is 1.37. The summed E-state index contributed by atoms with van der Waals surface area (Å²) in [4.78, 5) is 13.8. The maximum absolute atomic E-state index is 13.4. The van der Waals surface area contributed by atoms with Crippen LogP contribution in [0.4, 0.5) is 14.5 Å².